The van der Waals surface area contributed by atoms with Crippen molar-refractivity contribution in [3.63, 3.8) is 0 Å². The van der Waals surface area contributed by atoms with E-state index in [4.69, 9.17) is 9.47 Å². The van der Waals surface area contributed by atoms with Gasteiger partial charge in [-0.05, 0) is 55.2 Å². The first-order valence-electron chi connectivity index (χ1n) is 8.00. The predicted molar refractivity (Wildman–Crippen MR) is 90.3 cm³/mol. The summed E-state index contributed by atoms with van der Waals surface area (Å²) >= 11 is 0. The molecule has 0 aliphatic rings. The first kappa shape index (κ1) is 16.5. The number of ether oxygens (including phenoxy) is 2. The second kappa shape index (κ2) is 9.21. The number of pyridine rings is 1. The van der Waals surface area contributed by atoms with Crippen LogP contribution in [0.5, 0.6) is 5.75 Å². The van der Waals surface area contributed by atoms with Crippen molar-refractivity contribution in [3.8, 4) is 17.0 Å². The average Bonchev–Trinajstić information content (AvgIpc) is 2.59. The number of aryl methyl sites for hydroxylation is 1. The Morgan fingerprint density at radius 2 is 1.73 bits per heavy atom. The van der Waals surface area contributed by atoms with E-state index in [2.05, 4.69) is 24.0 Å². The van der Waals surface area contributed by atoms with Gasteiger partial charge in [-0.15, -0.1) is 0 Å². The van der Waals surface area contributed by atoms with Crippen molar-refractivity contribution in [1.29, 1.82) is 0 Å². The third-order valence-corrected chi connectivity index (χ3v) is 3.61. The second-order valence-electron chi connectivity index (χ2n) is 5.35. The first-order valence-corrected chi connectivity index (χ1v) is 8.00. The summed E-state index contributed by atoms with van der Waals surface area (Å²) in [5.41, 5.74) is 3.36. The Balaban J connectivity index is 1.82. The molecule has 1 aromatic heterocycles. The quantitative estimate of drug-likeness (QED) is 0.639. The monoisotopic (exact) mass is 299 g/mol. The zero-order valence-electron chi connectivity index (χ0n) is 13.5. The maximum absolute atomic E-state index is 5.58. The summed E-state index contributed by atoms with van der Waals surface area (Å²) in [5, 5.41) is 0. The van der Waals surface area contributed by atoms with E-state index in [1.807, 2.05) is 30.5 Å². The highest BCUT2D eigenvalue weighted by Gasteiger charge is 2.01. The van der Waals surface area contributed by atoms with Crippen molar-refractivity contribution in [3.05, 3.63) is 48.2 Å². The van der Waals surface area contributed by atoms with Gasteiger partial charge in [0.1, 0.15) is 5.75 Å². The van der Waals surface area contributed by atoms with Crippen molar-refractivity contribution in [2.75, 3.05) is 20.3 Å². The SMILES string of the molecule is CCCCOCCCc1ccc(-c2ccc(OC)cc2)nc1. The zero-order chi connectivity index (χ0) is 15.6. The molecule has 3 heteroatoms. The molecule has 118 valence electrons. The third-order valence-electron chi connectivity index (χ3n) is 3.61. The van der Waals surface area contributed by atoms with Crippen molar-refractivity contribution < 1.29 is 9.47 Å². The second-order valence-corrected chi connectivity index (χ2v) is 5.35. The molecule has 0 atom stereocenters. The molecule has 0 spiro atoms. The summed E-state index contributed by atoms with van der Waals surface area (Å²) in [6.07, 6.45) is 6.37. The van der Waals surface area contributed by atoms with Gasteiger partial charge < -0.3 is 9.47 Å². The molecule has 0 bridgehead atoms. The van der Waals surface area contributed by atoms with Crippen LogP contribution in [0, 0.1) is 0 Å². The third kappa shape index (κ3) is 5.15. The molecule has 0 N–H and O–H groups in total. The summed E-state index contributed by atoms with van der Waals surface area (Å²) in [6, 6.07) is 12.2. The van der Waals surface area contributed by atoms with Crippen LogP contribution in [-0.4, -0.2) is 25.3 Å². The van der Waals surface area contributed by atoms with Gasteiger partial charge in [0.2, 0.25) is 0 Å². The molecule has 1 heterocycles. The molecule has 2 aromatic rings. The van der Waals surface area contributed by atoms with Gasteiger partial charge in [-0.3, -0.25) is 4.98 Å². The normalized spacial score (nSPS) is 10.6. The lowest BCUT2D eigenvalue weighted by atomic mass is 10.1. The predicted octanol–water partition coefficient (Wildman–Crippen LogP) is 4.51. The first-order chi connectivity index (χ1) is 10.8. The number of nitrogens with zero attached hydrogens (tertiary/aromatic N) is 1. The summed E-state index contributed by atoms with van der Waals surface area (Å²) in [6.45, 7) is 3.89. The Hall–Kier alpha value is -1.87. The van der Waals surface area contributed by atoms with Gasteiger partial charge in [0.25, 0.3) is 0 Å². The van der Waals surface area contributed by atoms with Crippen LogP contribution in [0.15, 0.2) is 42.6 Å². The van der Waals surface area contributed by atoms with E-state index in [0.29, 0.717) is 0 Å². The van der Waals surface area contributed by atoms with Crippen LogP contribution in [-0.2, 0) is 11.2 Å². The number of hydrogen-bond donors (Lipinski definition) is 0. The minimum absolute atomic E-state index is 0.834. The van der Waals surface area contributed by atoms with E-state index >= 15 is 0 Å². The molecule has 0 aliphatic heterocycles. The van der Waals surface area contributed by atoms with Gasteiger partial charge in [0.15, 0.2) is 0 Å². The van der Waals surface area contributed by atoms with Crippen molar-refractivity contribution in [2.45, 2.75) is 32.6 Å². The highest BCUT2D eigenvalue weighted by atomic mass is 16.5. The van der Waals surface area contributed by atoms with Gasteiger partial charge >= 0.3 is 0 Å². The number of unbranched alkanes of at least 4 members (excludes halogenated alkanes) is 1. The molecule has 0 aliphatic carbocycles. The molecule has 0 saturated heterocycles. The van der Waals surface area contributed by atoms with Crippen LogP contribution in [0.3, 0.4) is 0 Å². The molecular weight excluding hydrogens is 274 g/mol. The number of benzene rings is 1. The van der Waals surface area contributed by atoms with Gasteiger partial charge in [-0.25, -0.2) is 0 Å². The van der Waals surface area contributed by atoms with E-state index in [1.54, 1.807) is 7.11 Å². The van der Waals surface area contributed by atoms with E-state index in [-0.39, 0.29) is 0 Å². The summed E-state index contributed by atoms with van der Waals surface area (Å²) in [4.78, 5) is 4.55. The minimum Gasteiger partial charge on any atom is -0.497 e. The Kier molecular flexibility index (Phi) is 6.91. The summed E-state index contributed by atoms with van der Waals surface area (Å²) < 4.78 is 10.7. The lowest BCUT2D eigenvalue weighted by Crippen LogP contribution is -1.98. The standard InChI is InChI=1S/C19H25NO2/c1-3-4-13-22-14-5-6-16-7-12-19(20-15-16)17-8-10-18(21-2)11-9-17/h7-12,15H,3-6,13-14H2,1-2H3. The molecule has 0 fully saturated rings. The van der Waals surface area contributed by atoms with E-state index in [9.17, 15) is 0 Å². The van der Waals surface area contributed by atoms with Crippen LogP contribution >= 0.6 is 0 Å². The van der Waals surface area contributed by atoms with Crippen LogP contribution < -0.4 is 4.74 Å². The molecule has 3 nitrogen and oxygen atoms in total. The number of hydrogen-bond acceptors (Lipinski definition) is 3. The summed E-state index contributed by atoms with van der Waals surface area (Å²) in [5.74, 6) is 0.864. The Morgan fingerprint density at radius 1 is 0.955 bits per heavy atom. The fraction of sp³-hybridized carbons (Fsp3) is 0.421. The maximum atomic E-state index is 5.58. The Morgan fingerprint density at radius 3 is 2.36 bits per heavy atom. The lowest BCUT2D eigenvalue weighted by Gasteiger charge is -2.06. The number of rotatable bonds is 9. The molecule has 0 saturated carbocycles. The van der Waals surface area contributed by atoms with Crippen molar-refractivity contribution >= 4 is 0 Å². The number of aromatic nitrogens is 1. The maximum Gasteiger partial charge on any atom is 0.118 e. The molecule has 22 heavy (non-hydrogen) atoms. The molecule has 0 unspecified atom stereocenters. The van der Waals surface area contributed by atoms with E-state index in [0.717, 1.165) is 49.5 Å². The van der Waals surface area contributed by atoms with Crippen LogP contribution in [0.1, 0.15) is 31.7 Å². The van der Waals surface area contributed by atoms with Crippen molar-refractivity contribution in [2.24, 2.45) is 0 Å². The average molecular weight is 299 g/mol. The smallest absolute Gasteiger partial charge is 0.118 e. The minimum atomic E-state index is 0.834. The fourth-order valence-corrected chi connectivity index (χ4v) is 2.23. The highest BCUT2D eigenvalue weighted by molar-refractivity contribution is 5.60. The van der Waals surface area contributed by atoms with E-state index < -0.39 is 0 Å². The molecule has 1 aromatic carbocycles. The largest absolute Gasteiger partial charge is 0.497 e. The highest BCUT2D eigenvalue weighted by Crippen LogP contribution is 2.20. The molecular formula is C19H25NO2. The molecule has 2 rings (SSSR count). The number of methoxy groups -OCH3 is 1. The topological polar surface area (TPSA) is 31.4 Å². The van der Waals surface area contributed by atoms with E-state index in [1.165, 1.54) is 12.0 Å². The fourth-order valence-electron chi connectivity index (χ4n) is 2.23. The van der Waals surface area contributed by atoms with Gasteiger partial charge in [-0.2, -0.15) is 0 Å². The zero-order valence-corrected chi connectivity index (χ0v) is 13.5. The van der Waals surface area contributed by atoms with Crippen LogP contribution in [0.25, 0.3) is 11.3 Å². The van der Waals surface area contributed by atoms with Crippen LogP contribution in [0.4, 0.5) is 0 Å². The lowest BCUT2D eigenvalue weighted by molar-refractivity contribution is 0.129. The molecule has 0 amide bonds. The van der Waals surface area contributed by atoms with Gasteiger partial charge in [0, 0.05) is 25.0 Å². The Bertz CT molecular complexity index is 534. The van der Waals surface area contributed by atoms with Gasteiger partial charge in [-0.1, -0.05) is 19.4 Å². The van der Waals surface area contributed by atoms with Crippen molar-refractivity contribution in [1.82, 2.24) is 4.98 Å². The molecule has 0 radical (unpaired) electrons. The van der Waals surface area contributed by atoms with Gasteiger partial charge in [0.05, 0.1) is 12.8 Å². The Labute approximate surface area is 133 Å². The summed E-state index contributed by atoms with van der Waals surface area (Å²) in [7, 11) is 1.67. The van der Waals surface area contributed by atoms with Crippen LogP contribution in [0.2, 0.25) is 0 Å².